The number of rotatable bonds is 43. The van der Waals surface area contributed by atoms with Gasteiger partial charge in [-0.05, 0) is 70.6 Å². The van der Waals surface area contributed by atoms with Crippen LogP contribution in [0.1, 0.15) is 206 Å². The van der Waals surface area contributed by atoms with Crippen LogP contribution in [0.3, 0.4) is 0 Å². The highest BCUT2D eigenvalue weighted by Crippen LogP contribution is 2.43. The summed E-state index contributed by atoms with van der Waals surface area (Å²) in [7, 11) is -4.42. The van der Waals surface area contributed by atoms with Gasteiger partial charge >= 0.3 is 7.82 Å². The van der Waals surface area contributed by atoms with E-state index in [2.05, 4.69) is 55.6 Å². The van der Waals surface area contributed by atoms with E-state index in [1.54, 1.807) is 6.08 Å². The van der Waals surface area contributed by atoms with E-state index in [4.69, 9.17) is 14.8 Å². The predicted molar refractivity (Wildman–Crippen MR) is 241 cm³/mol. The normalized spacial score (nSPS) is 15.0. The number of unbranched alkanes of at least 4 members (excludes halogenated alkanes) is 23. The Hall–Kier alpha value is -1.58. The van der Waals surface area contributed by atoms with Crippen molar-refractivity contribution in [3.63, 3.8) is 0 Å². The van der Waals surface area contributed by atoms with Crippen molar-refractivity contribution in [2.45, 2.75) is 225 Å². The van der Waals surface area contributed by atoms with Crippen molar-refractivity contribution in [2.24, 2.45) is 5.73 Å². The highest BCUT2D eigenvalue weighted by atomic mass is 31.2. The molecule has 0 aliphatic heterocycles. The standard InChI is InChI=1S/C47H89N2O7P/c1-3-5-7-9-11-13-15-17-19-21-23-24-26-28-30-32-34-36-38-44(50)42-47(52)49-45(43-56-57(53,54)55-41-40-48)46(51)39-37-35-33-31-29-27-25-22-20-18-16-14-12-10-8-6-4-2/h20,22-24,29,31,37,39,44-46,50-51H,3-19,21,25-28,30,32-36,38,40-43,48H2,1-2H3,(H,49,52)(H,53,54)/b22-20+,24-23-,31-29+,39-37+. The average Bonchev–Trinajstić information content (AvgIpc) is 3.19. The minimum Gasteiger partial charge on any atom is -0.393 e. The van der Waals surface area contributed by atoms with E-state index in [0.717, 1.165) is 57.8 Å². The second-order valence-corrected chi connectivity index (χ2v) is 17.2. The first kappa shape index (κ1) is 55.4. The van der Waals surface area contributed by atoms with Gasteiger partial charge in [-0.2, -0.15) is 0 Å². The third-order valence-corrected chi connectivity index (χ3v) is 11.1. The molecule has 0 aromatic heterocycles. The number of carbonyl (C=O) groups is 1. The molecule has 9 nitrogen and oxygen atoms in total. The van der Waals surface area contributed by atoms with Crippen LogP contribution in [0.5, 0.6) is 0 Å². The minimum atomic E-state index is -4.42. The SMILES string of the molecule is CCCCCCCCC/C=C/CC/C=C/CC/C=C/C(O)C(COP(=O)(O)OCCN)NC(=O)CC(O)CCCCCCC/C=C\CCCCCCCCCCC. The number of allylic oxidation sites excluding steroid dienone is 7. The van der Waals surface area contributed by atoms with Gasteiger partial charge in [0.25, 0.3) is 0 Å². The first-order valence-electron chi connectivity index (χ1n) is 23.3. The van der Waals surface area contributed by atoms with Crippen LogP contribution in [0.2, 0.25) is 0 Å². The van der Waals surface area contributed by atoms with E-state index in [9.17, 15) is 24.5 Å². The van der Waals surface area contributed by atoms with Crippen molar-refractivity contribution in [2.75, 3.05) is 19.8 Å². The van der Waals surface area contributed by atoms with E-state index < -0.39 is 38.6 Å². The Morgan fingerprint density at radius 3 is 1.46 bits per heavy atom. The van der Waals surface area contributed by atoms with Crippen molar-refractivity contribution in [3.05, 3.63) is 48.6 Å². The number of carbonyl (C=O) groups excluding carboxylic acids is 1. The van der Waals surface area contributed by atoms with Gasteiger partial charge in [0.2, 0.25) is 5.91 Å². The summed E-state index contributed by atoms with van der Waals surface area (Å²) in [6.07, 6.45) is 49.1. The second-order valence-electron chi connectivity index (χ2n) is 15.8. The molecule has 0 aliphatic carbocycles. The van der Waals surface area contributed by atoms with Gasteiger partial charge in [0.1, 0.15) is 0 Å². The lowest BCUT2D eigenvalue weighted by molar-refractivity contribution is -0.124. The molecule has 6 N–H and O–H groups in total. The number of phosphoric ester groups is 1. The fourth-order valence-corrected chi connectivity index (χ4v) is 7.37. The molecule has 0 aromatic rings. The molecular formula is C47H89N2O7P. The fourth-order valence-electron chi connectivity index (χ4n) is 6.61. The lowest BCUT2D eigenvalue weighted by Gasteiger charge is -2.24. The first-order valence-corrected chi connectivity index (χ1v) is 24.8. The predicted octanol–water partition coefficient (Wildman–Crippen LogP) is 12.3. The molecule has 0 saturated carbocycles. The molecule has 57 heavy (non-hydrogen) atoms. The van der Waals surface area contributed by atoms with Crippen molar-refractivity contribution in [3.8, 4) is 0 Å². The Morgan fingerprint density at radius 2 is 1.00 bits per heavy atom. The number of nitrogens with one attached hydrogen (secondary N) is 1. The van der Waals surface area contributed by atoms with E-state index in [1.807, 2.05) is 6.08 Å². The molecule has 334 valence electrons. The number of hydrogen-bond donors (Lipinski definition) is 5. The van der Waals surface area contributed by atoms with Crippen LogP contribution in [0.15, 0.2) is 48.6 Å². The molecule has 0 aromatic carbocycles. The molecule has 0 aliphatic rings. The van der Waals surface area contributed by atoms with E-state index >= 15 is 0 Å². The molecular weight excluding hydrogens is 735 g/mol. The lowest BCUT2D eigenvalue weighted by Crippen LogP contribution is -2.46. The Kier molecular flexibility index (Phi) is 41.4. The molecule has 0 saturated heterocycles. The summed E-state index contributed by atoms with van der Waals surface area (Å²) >= 11 is 0. The summed E-state index contributed by atoms with van der Waals surface area (Å²) in [6.45, 7) is 3.94. The van der Waals surface area contributed by atoms with Crippen LogP contribution >= 0.6 is 7.82 Å². The number of aliphatic hydroxyl groups excluding tert-OH is 2. The molecule has 0 heterocycles. The molecule has 0 fully saturated rings. The van der Waals surface area contributed by atoms with Gasteiger partial charge in [-0.1, -0.05) is 178 Å². The molecule has 4 atom stereocenters. The summed E-state index contributed by atoms with van der Waals surface area (Å²) in [5, 5.41) is 24.1. The number of aliphatic hydroxyl groups is 2. The van der Waals surface area contributed by atoms with Gasteiger partial charge < -0.3 is 26.2 Å². The van der Waals surface area contributed by atoms with Gasteiger partial charge in [-0.15, -0.1) is 0 Å². The van der Waals surface area contributed by atoms with Crippen molar-refractivity contribution >= 4 is 13.7 Å². The van der Waals surface area contributed by atoms with Gasteiger partial charge in [0, 0.05) is 6.54 Å². The smallest absolute Gasteiger partial charge is 0.393 e. The van der Waals surface area contributed by atoms with E-state index in [1.165, 1.54) is 116 Å². The van der Waals surface area contributed by atoms with Crippen LogP contribution in [-0.4, -0.2) is 59.0 Å². The van der Waals surface area contributed by atoms with E-state index in [-0.39, 0.29) is 19.6 Å². The Balaban J connectivity index is 4.36. The molecule has 0 rings (SSSR count). The van der Waals surface area contributed by atoms with Gasteiger partial charge in [0.05, 0.1) is 37.9 Å². The molecule has 0 radical (unpaired) electrons. The van der Waals surface area contributed by atoms with Crippen molar-refractivity contribution in [1.29, 1.82) is 0 Å². The lowest BCUT2D eigenvalue weighted by atomic mass is 10.0. The quantitative estimate of drug-likeness (QED) is 0.0232. The summed E-state index contributed by atoms with van der Waals surface area (Å²) in [4.78, 5) is 22.8. The minimum absolute atomic E-state index is 0.0403. The molecule has 0 spiro atoms. The first-order chi connectivity index (χ1) is 27.8. The Bertz CT molecular complexity index is 1050. The topological polar surface area (TPSA) is 151 Å². The third-order valence-electron chi connectivity index (χ3n) is 10.2. The maximum atomic E-state index is 12.8. The van der Waals surface area contributed by atoms with Gasteiger partial charge in [0.15, 0.2) is 0 Å². The highest BCUT2D eigenvalue weighted by Gasteiger charge is 2.27. The maximum Gasteiger partial charge on any atom is 0.472 e. The largest absolute Gasteiger partial charge is 0.472 e. The highest BCUT2D eigenvalue weighted by molar-refractivity contribution is 7.47. The van der Waals surface area contributed by atoms with Crippen molar-refractivity contribution in [1.82, 2.24) is 5.32 Å². The van der Waals surface area contributed by atoms with Crippen LogP contribution in [0.25, 0.3) is 0 Å². The number of nitrogens with two attached hydrogens (primary N) is 1. The molecule has 1 amide bonds. The summed E-state index contributed by atoms with van der Waals surface area (Å²) in [5.41, 5.74) is 5.36. The monoisotopic (exact) mass is 825 g/mol. The Labute approximate surface area is 350 Å². The van der Waals surface area contributed by atoms with Crippen LogP contribution in [0.4, 0.5) is 0 Å². The zero-order valence-corrected chi connectivity index (χ0v) is 37.6. The Morgan fingerprint density at radius 1 is 0.596 bits per heavy atom. The van der Waals surface area contributed by atoms with Gasteiger partial charge in [-0.3, -0.25) is 13.8 Å². The van der Waals surface area contributed by atoms with Crippen LogP contribution in [0, 0.1) is 0 Å². The van der Waals surface area contributed by atoms with Crippen LogP contribution in [-0.2, 0) is 18.4 Å². The molecule has 10 heteroatoms. The van der Waals surface area contributed by atoms with E-state index in [0.29, 0.717) is 12.8 Å². The summed E-state index contributed by atoms with van der Waals surface area (Å²) < 4.78 is 22.1. The number of amides is 1. The summed E-state index contributed by atoms with van der Waals surface area (Å²) in [6, 6.07) is -1.01. The maximum absolute atomic E-state index is 12.8. The molecule has 4 unspecified atom stereocenters. The number of phosphoric acid groups is 1. The summed E-state index contributed by atoms with van der Waals surface area (Å²) in [5.74, 6) is -0.465. The third kappa shape index (κ3) is 41.0. The van der Waals surface area contributed by atoms with Gasteiger partial charge in [-0.25, -0.2) is 4.57 Å². The zero-order valence-electron chi connectivity index (χ0n) is 36.7. The molecule has 0 bridgehead atoms. The number of hydrogen-bond acceptors (Lipinski definition) is 7. The average molecular weight is 825 g/mol. The zero-order chi connectivity index (χ0) is 41.9. The van der Waals surface area contributed by atoms with Crippen molar-refractivity contribution < 1.29 is 33.5 Å². The van der Waals surface area contributed by atoms with Crippen LogP contribution < -0.4 is 11.1 Å². The second kappa shape index (κ2) is 42.5. The fraction of sp³-hybridized carbons (Fsp3) is 0.809.